The van der Waals surface area contributed by atoms with Crippen LogP contribution in [0.2, 0.25) is 5.02 Å². The Labute approximate surface area is 131 Å². The van der Waals surface area contributed by atoms with Crippen molar-refractivity contribution in [2.45, 2.75) is 32.2 Å². The van der Waals surface area contributed by atoms with Gasteiger partial charge < -0.3 is 15.4 Å². The molecule has 0 amide bonds. The van der Waals surface area contributed by atoms with Gasteiger partial charge in [-0.15, -0.1) is 6.42 Å². The molecule has 1 aromatic carbocycles. The second-order valence-corrected chi connectivity index (χ2v) is 5.20. The van der Waals surface area contributed by atoms with Crippen LogP contribution in [0.5, 0.6) is 5.75 Å². The van der Waals surface area contributed by atoms with Crippen molar-refractivity contribution in [2.75, 3.05) is 12.4 Å². The topological polar surface area (TPSA) is 33.3 Å². The Morgan fingerprint density at radius 1 is 1.45 bits per heavy atom. The number of terminal acetylenes is 1. The van der Waals surface area contributed by atoms with E-state index in [2.05, 4.69) is 16.6 Å². The summed E-state index contributed by atoms with van der Waals surface area (Å²) in [7, 11) is 1.59. The molecule has 108 valence electrons. The Balaban J connectivity index is 2.86. The number of hydrogen-bond acceptors (Lipinski definition) is 2. The third-order valence-corrected chi connectivity index (χ3v) is 3.69. The van der Waals surface area contributed by atoms with Gasteiger partial charge in [0.1, 0.15) is 5.75 Å². The molecule has 0 aliphatic heterocycles. The smallest absolute Gasteiger partial charge is 0.172 e. The first-order valence-electron chi connectivity index (χ1n) is 6.40. The fraction of sp³-hybridized carbons (Fsp3) is 0.400. The van der Waals surface area contributed by atoms with Crippen molar-refractivity contribution in [3.8, 4) is 18.1 Å². The van der Waals surface area contributed by atoms with Crippen molar-refractivity contribution < 1.29 is 4.74 Å². The van der Waals surface area contributed by atoms with E-state index in [0.29, 0.717) is 21.6 Å². The van der Waals surface area contributed by atoms with Gasteiger partial charge in [-0.3, -0.25) is 0 Å². The van der Waals surface area contributed by atoms with Crippen molar-refractivity contribution >= 4 is 34.6 Å². The average molecular weight is 311 g/mol. The molecule has 20 heavy (non-hydrogen) atoms. The number of anilines is 1. The van der Waals surface area contributed by atoms with E-state index in [9.17, 15) is 0 Å². The quantitative estimate of drug-likeness (QED) is 0.640. The van der Waals surface area contributed by atoms with Gasteiger partial charge in [-0.05, 0) is 43.3 Å². The van der Waals surface area contributed by atoms with Gasteiger partial charge in [-0.2, -0.15) is 0 Å². The highest BCUT2D eigenvalue weighted by atomic mass is 35.5. The first-order chi connectivity index (χ1) is 9.50. The number of nitrogens with one attached hydrogen (secondary N) is 2. The molecule has 3 nitrogen and oxygen atoms in total. The lowest BCUT2D eigenvalue weighted by atomic mass is 9.94. The van der Waals surface area contributed by atoms with Crippen LogP contribution in [-0.2, 0) is 0 Å². The second-order valence-electron chi connectivity index (χ2n) is 4.36. The summed E-state index contributed by atoms with van der Waals surface area (Å²) in [5.74, 6) is 3.44. The molecular formula is C15H19ClN2OS. The summed E-state index contributed by atoms with van der Waals surface area (Å²) in [6, 6.07) is 5.29. The minimum Gasteiger partial charge on any atom is -0.495 e. The molecular weight excluding hydrogens is 292 g/mol. The third-order valence-electron chi connectivity index (χ3n) is 3.25. The number of hydrogen-bond donors (Lipinski definition) is 2. The summed E-state index contributed by atoms with van der Waals surface area (Å²) in [6.07, 6.45) is 7.18. The monoisotopic (exact) mass is 310 g/mol. The van der Waals surface area contributed by atoms with E-state index in [1.54, 1.807) is 25.3 Å². The highest BCUT2D eigenvalue weighted by Crippen LogP contribution is 2.27. The lowest BCUT2D eigenvalue weighted by Crippen LogP contribution is -2.48. The fourth-order valence-electron chi connectivity index (χ4n) is 1.82. The van der Waals surface area contributed by atoms with E-state index in [4.69, 9.17) is 35.0 Å². The zero-order chi connectivity index (χ0) is 15.2. The van der Waals surface area contributed by atoms with Crippen LogP contribution in [0, 0.1) is 12.3 Å². The molecule has 2 N–H and O–H groups in total. The minimum absolute atomic E-state index is 0.435. The molecule has 0 unspecified atom stereocenters. The van der Waals surface area contributed by atoms with Gasteiger partial charge in [0.25, 0.3) is 0 Å². The van der Waals surface area contributed by atoms with Crippen LogP contribution in [0.4, 0.5) is 5.69 Å². The van der Waals surface area contributed by atoms with Crippen molar-refractivity contribution in [1.82, 2.24) is 5.32 Å². The van der Waals surface area contributed by atoms with Crippen LogP contribution in [0.1, 0.15) is 26.7 Å². The van der Waals surface area contributed by atoms with Crippen LogP contribution >= 0.6 is 23.8 Å². The fourth-order valence-corrected chi connectivity index (χ4v) is 2.29. The average Bonchev–Trinajstić information content (AvgIpc) is 2.45. The molecule has 0 aliphatic carbocycles. The SMILES string of the molecule is C#CC(CC)(CC)NC(=S)Nc1cc(Cl)ccc1OC. The van der Waals surface area contributed by atoms with Crippen LogP contribution < -0.4 is 15.4 Å². The third kappa shape index (κ3) is 4.03. The number of halogens is 1. The van der Waals surface area contributed by atoms with Gasteiger partial charge in [0.2, 0.25) is 0 Å². The summed E-state index contributed by atoms with van der Waals surface area (Å²) < 4.78 is 5.26. The summed E-state index contributed by atoms with van der Waals surface area (Å²) in [5, 5.41) is 7.31. The Hall–Kier alpha value is -1.44. The van der Waals surface area contributed by atoms with Gasteiger partial charge in [-0.1, -0.05) is 31.4 Å². The molecule has 0 radical (unpaired) electrons. The molecule has 0 aromatic heterocycles. The molecule has 0 saturated heterocycles. The summed E-state index contributed by atoms with van der Waals surface area (Å²) in [5.41, 5.74) is 0.270. The van der Waals surface area contributed by atoms with Crippen LogP contribution in [0.15, 0.2) is 18.2 Å². The molecule has 0 saturated carbocycles. The van der Waals surface area contributed by atoms with E-state index in [0.717, 1.165) is 12.8 Å². The molecule has 0 spiro atoms. The predicted octanol–water partition coefficient (Wildman–Crippen LogP) is 3.83. The normalized spacial score (nSPS) is 10.6. The van der Waals surface area contributed by atoms with Crippen LogP contribution in [0.3, 0.4) is 0 Å². The molecule has 0 atom stereocenters. The summed E-state index contributed by atoms with van der Waals surface area (Å²) in [4.78, 5) is 0. The zero-order valence-corrected chi connectivity index (χ0v) is 13.5. The van der Waals surface area contributed by atoms with E-state index in [1.807, 2.05) is 13.8 Å². The van der Waals surface area contributed by atoms with Crippen LogP contribution in [-0.4, -0.2) is 17.8 Å². The van der Waals surface area contributed by atoms with E-state index in [-0.39, 0.29) is 0 Å². The Kier molecular flexibility index (Phi) is 6.12. The number of benzene rings is 1. The maximum atomic E-state index is 5.98. The van der Waals surface area contributed by atoms with Gasteiger partial charge in [0.05, 0.1) is 18.3 Å². The van der Waals surface area contributed by atoms with Crippen LogP contribution in [0.25, 0.3) is 0 Å². The summed E-state index contributed by atoms with van der Waals surface area (Å²) in [6.45, 7) is 4.05. The first-order valence-corrected chi connectivity index (χ1v) is 7.19. The molecule has 1 rings (SSSR count). The molecule has 0 aliphatic rings. The van der Waals surface area contributed by atoms with Crippen molar-refractivity contribution in [2.24, 2.45) is 0 Å². The summed E-state index contributed by atoms with van der Waals surface area (Å²) >= 11 is 11.3. The standard InChI is InChI=1S/C15H19ClN2OS/c1-5-15(6-2,7-3)18-14(20)17-12-10-11(16)8-9-13(12)19-4/h1,8-10H,6-7H2,2-4H3,(H2,17,18,20). The van der Waals surface area contributed by atoms with Crippen molar-refractivity contribution in [3.05, 3.63) is 23.2 Å². The van der Waals surface area contributed by atoms with Gasteiger partial charge in [0, 0.05) is 5.02 Å². The van der Waals surface area contributed by atoms with Crippen molar-refractivity contribution in [1.29, 1.82) is 0 Å². The Morgan fingerprint density at radius 2 is 2.10 bits per heavy atom. The maximum Gasteiger partial charge on any atom is 0.172 e. The van der Waals surface area contributed by atoms with Gasteiger partial charge in [0.15, 0.2) is 5.11 Å². The highest BCUT2D eigenvalue weighted by molar-refractivity contribution is 7.80. The van der Waals surface area contributed by atoms with Gasteiger partial charge >= 0.3 is 0 Å². The molecule has 1 aromatic rings. The highest BCUT2D eigenvalue weighted by Gasteiger charge is 2.24. The predicted molar refractivity (Wildman–Crippen MR) is 89.5 cm³/mol. The molecule has 0 fully saturated rings. The number of ether oxygens (including phenoxy) is 1. The lowest BCUT2D eigenvalue weighted by molar-refractivity contribution is 0.416. The van der Waals surface area contributed by atoms with Gasteiger partial charge in [-0.25, -0.2) is 0 Å². The van der Waals surface area contributed by atoms with Crippen molar-refractivity contribution in [3.63, 3.8) is 0 Å². The van der Waals surface area contributed by atoms with E-state index < -0.39 is 5.54 Å². The number of thiocarbonyl (C=S) groups is 1. The maximum absolute atomic E-state index is 5.98. The number of methoxy groups -OCH3 is 1. The molecule has 0 bridgehead atoms. The second kappa shape index (κ2) is 7.37. The zero-order valence-electron chi connectivity index (χ0n) is 11.9. The largest absolute Gasteiger partial charge is 0.495 e. The Morgan fingerprint density at radius 3 is 2.60 bits per heavy atom. The number of rotatable bonds is 5. The van der Waals surface area contributed by atoms with E-state index >= 15 is 0 Å². The molecule has 0 heterocycles. The lowest BCUT2D eigenvalue weighted by Gasteiger charge is -2.29. The Bertz CT molecular complexity index is 521. The minimum atomic E-state index is -0.435. The first kappa shape index (κ1) is 16.6. The van der Waals surface area contributed by atoms with E-state index in [1.165, 1.54) is 0 Å². The molecule has 5 heteroatoms.